The highest BCUT2D eigenvalue weighted by molar-refractivity contribution is 14.0. The van der Waals surface area contributed by atoms with Crippen molar-refractivity contribution in [2.75, 3.05) is 13.1 Å². The van der Waals surface area contributed by atoms with Gasteiger partial charge in [0.25, 0.3) is 0 Å². The van der Waals surface area contributed by atoms with Gasteiger partial charge in [-0.25, -0.2) is 0 Å². The van der Waals surface area contributed by atoms with E-state index in [-0.39, 0.29) is 30.1 Å². The van der Waals surface area contributed by atoms with Crippen LogP contribution in [-0.2, 0) is 6.42 Å². The molecule has 0 radical (unpaired) electrons. The smallest absolute Gasteiger partial charge is 0.191 e. The Balaban J connectivity index is 0.00000192. The summed E-state index contributed by atoms with van der Waals surface area (Å²) in [6.07, 6.45) is 4.88. The molecule has 0 aromatic heterocycles. The molecule has 0 heterocycles. The largest absolute Gasteiger partial charge is 0.393 e. The molecular weight excluding hydrogens is 401 g/mol. The Morgan fingerprint density at radius 2 is 1.96 bits per heavy atom. The molecule has 0 amide bonds. The normalized spacial score (nSPS) is 26.5. The second kappa shape index (κ2) is 8.87. The van der Waals surface area contributed by atoms with Crippen LogP contribution in [0.4, 0.5) is 0 Å². The second-order valence-corrected chi connectivity index (χ2v) is 6.47. The summed E-state index contributed by atoms with van der Waals surface area (Å²) in [5.41, 5.74) is 2.94. The third-order valence-electron chi connectivity index (χ3n) is 4.81. The average Bonchev–Trinajstić information content (AvgIpc) is 2.50. The Morgan fingerprint density at radius 1 is 1.22 bits per heavy atom. The molecule has 1 saturated carbocycles. The molecule has 0 aliphatic heterocycles. The number of fused-ring (bicyclic) bond motifs is 1. The lowest BCUT2D eigenvalue weighted by Crippen LogP contribution is -2.45. The van der Waals surface area contributed by atoms with Crippen molar-refractivity contribution in [1.29, 1.82) is 0 Å². The van der Waals surface area contributed by atoms with E-state index in [1.807, 2.05) is 0 Å². The van der Waals surface area contributed by atoms with E-state index in [2.05, 4.69) is 41.8 Å². The van der Waals surface area contributed by atoms with Crippen LogP contribution in [0.5, 0.6) is 0 Å². The summed E-state index contributed by atoms with van der Waals surface area (Å²) in [5.74, 6) is 1.49. The maximum atomic E-state index is 9.60. The average molecular weight is 429 g/mol. The van der Waals surface area contributed by atoms with Crippen molar-refractivity contribution in [3.8, 4) is 0 Å². The Labute approximate surface area is 156 Å². The van der Waals surface area contributed by atoms with Crippen LogP contribution in [0.1, 0.15) is 49.7 Å². The van der Waals surface area contributed by atoms with Crippen molar-refractivity contribution in [1.82, 2.24) is 10.6 Å². The number of aliphatic hydroxyl groups is 1. The van der Waals surface area contributed by atoms with Gasteiger partial charge in [-0.3, -0.25) is 4.99 Å². The fourth-order valence-corrected chi connectivity index (χ4v) is 3.46. The van der Waals surface area contributed by atoms with Crippen molar-refractivity contribution < 1.29 is 5.11 Å². The molecule has 0 spiro atoms. The van der Waals surface area contributed by atoms with E-state index in [9.17, 15) is 5.11 Å². The number of benzene rings is 1. The van der Waals surface area contributed by atoms with E-state index in [0.717, 1.165) is 51.2 Å². The lowest BCUT2D eigenvalue weighted by Gasteiger charge is -2.30. The molecule has 128 valence electrons. The first-order valence-corrected chi connectivity index (χ1v) is 8.57. The number of guanidine groups is 1. The van der Waals surface area contributed by atoms with Crippen molar-refractivity contribution in [3.63, 3.8) is 0 Å². The van der Waals surface area contributed by atoms with Crippen molar-refractivity contribution in [2.24, 2.45) is 4.99 Å². The summed E-state index contributed by atoms with van der Waals surface area (Å²) in [6, 6.07) is 9.11. The molecule has 0 saturated heterocycles. The first-order valence-electron chi connectivity index (χ1n) is 8.57. The van der Waals surface area contributed by atoms with Gasteiger partial charge in [-0.2, -0.15) is 0 Å². The minimum Gasteiger partial charge on any atom is -0.393 e. The molecule has 3 rings (SSSR count). The highest BCUT2D eigenvalue weighted by atomic mass is 127. The minimum absolute atomic E-state index is 0. The standard InChI is InChI=1S/C18H27N3O.HI/c1-2-19-18(21-15-7-9-16(22)10-8-15)20-12-14-11-13-5-3-4-6-17(13)14;/h3-6,14-16,22H,2,7-12H2,1H3,(H2,19,20,21);1H. The number of hydrogen-bond donors (Lipinski definition) is 3. The molecule has 2 aliphatic carbocycles. The zero-order valence-electron chi connectivity index (χ0n) is 13.8. The summed E-state index contributed by atoms with van der Waals surface area (Å²) >= 11 is 0. The second-order valence-electron chi connectivity index (χ2n) is 6.47. The summed E-state index contributed by atoms with van der Waals surface area (Å²) in [4.78, 5) is 4.78. The number of nitrogens with zero attached hydrogens (tertiary/aromatic N) is 1. The Kier molecular flexibility index (Phi) is 7.14. The Bertz CT molecular complexity index is 527. The molecule has 0 bridgehead atoms. The molecule has 1 aromatic rings. The summed E-state index contributed by atoms with van der Waals surface area (Å²) in [6.45, 7) is 3.82. The molecule has 23 heavy (non-hydrogen) atoms. The van der Waals surface area contributed by atoms with Crippen LogP contribution in [-0.4, -0.2) is 36.3 Å². The molecule has 1 unspecified atom stereocenters. The molecule has 5 heteroatoms. The topological polar surface area (TPSA) is 56.7 Å². The SMILES string of the molecule is CCNC(=NCC1Cc2ccccc21)NC1CCC(O)CC1.I. The van der Waals surface area contributed by atoms with Crippen LogP contribution in [0.3, 0.4) is 0 Å². The number of aliphatic hydroxyl groups excluding tert-OH is 1. The first kappa shape index (κ1) is 18.5. The van der Waals surface area contributed by atoms with Crippen molar-refractivity contribution >= 4 is 29.9 Å². The number of aliphatic imine (C=N–C) groups is 1. The lowest BCUT2D eigenvalue weighted by molar-refractivity contribution is 0.120. The van der Waals surface area contributed by atoms with Crippen molar-refractivity contribution in [2.45, 2.75) is 57.1 Å². The van der Waals surface area contributed by atoms with Gasteiger partial charge in [-0.05, 0) is 50.2 Å². The van der Waals surface area contributed by atoms with E-state index in [1.165, 1.54) is 11.1 Å². The summed E-state index contributed by atoms with van der Waals surface area (Å²) in [5, 5.41) is 16.5. The van der Waals surface area contributed by atoms with Gasteiger partial charge in [0, 0.05) is 25.0 Å². The molecular formula is C18H28IN3O. The minimum atomic E-state index is -0.107. The van der Waals surface area contributed by atoms with E-state index < -0.39 is 0 Å². The predicted molar refractivity (Wildman–Crippen MR) is 106 cm³/mol. The van der Waals surface area contributed by atoms with Gasteiger partial charge in [0.2, 0.25) is 0 Å². The van der Waals surface area contributed by atoms with Crippen LogP contribution < -0.4 is 10.6 Å². The van der Waals surface area contributed by atoms with Gasteiger partial charge in [0.05, 0.1) is 6.10 Å². The highest BCUT2D eigenvalue weighted by Crippen LogP contribution is 2.34. The molecule has 2 aliphatic rings. The van der Waals surface area contributed by atoms with Gasteiger partial charge in [0.15, 0.2) is 5.96 Å². The van der Waals surface area contributed by atoms with Crippen LogP contribution in [0.25, 0.3) is 0 Å². The van der Waals surface area contributed by atoms with Gasteiger partial charge in [-0.15, -0.1) is 24.0 Å². The van der Waals surface area contributed by atoms with Gasteiger partial charge in [-0.1, -0.05) is 24.3 Å². The Morgan fingerprint density at radius 3 is 2.65 bits per heavy atom. The van der Waals surface area contributed by atoms with Gasteiger partial charge in [0.1, 0.15) is 0 Å². The van der Waals surface area contributed by atoms with E-state index in [1.54, 1.807) is 0 Å². The van der Waals surface area contributed by atoms with Crippen LogP contribution in [0.2, 0.25) is 0 Å². The molecule has 3 N–H and O–H groups in total. The van der Waals surface area contributed by atoms with E-state index in [4.69, 9.17) is 4.99 Å². The number of rotatable bonds is 4. The molecule has 4 nitrogen and oxygen atoms in total. The maximum absolute atomic E-state index is 9.60. The lowest BCUT2D eigenvalue weighted by atomic mass is 9.78. The third-order valence-corrected chi connectivity index (χ3v) is 4.81. The fourth-order valence-electron chi connectivity index (χ4n) is 3.46. The molecule has 1 fully saturated rings. The molecule has 1 aromatic carbocycles. The van der Waals surface area contributed by atoms with Gasteiger partial charge >= 0.3 is 0 Å². The Hall–Kier alpha value is -0.820. The highest BCUT2D eigenvalue weighted by Gasteiger charge is 2.25. The van der Waals surface area contributed by atoms with Crippen molar-refractivity contribution in [3.05, 3.63) is 35.4 Å². The maximum Gasteiger partial charge on any atom is 0.191 e. The zero-order chi connectivity index (χ0) is 15.4. The fraction of sp³-hybridized carbons (Fsp3) is 0.611. The van der Waals surface area contributed by atoms with E-state index in [0.29, 0.717) is 12.0 Å². The quantitative estimate of drug-likeness (QED) is 0.392. The van der Waals surface area contributed by atoms with Crippen LogP contribution in [0.15, 0.2) is 29.3 Å². The monoisotopic (exact) mass is 429 g/mol. The van der Waals surface area contributed by atoms with E-state index >= 15 is 0 Å². The molecule has 1 atom stereocenters. The van der Waals surface area contributed by atoms with Gasteiger partial charge < -0.3 is 15.7 Å². The summed E-state index contributed by atoms with van der Waals surface area (Å²) < 4.78 is 0. The first-order chi connectivity index (χ1) is 10.8. The summed E-state index contributed by atoms with van der Waals surface area (Å²) in [7, 11) is 0. The number of halogens is 1. The third kappa shape index (κ3) is 4.83. The number of hydrogen-bond acceptors (Lipinski definition) is 2. The predicted octanol–water partition coefficient (Wildman–Crippen LogP) is 2.80. The van der Waals surface area contributed by atoms with Crippen LogP contribution in [0, 0.1) is 0 Å². The van der Waals surface area contributed by atoms with Crippen LogP contribution >= 0.6 is 24.0 Å². The zero-order valence-corrected chi connectivity index (χ0v) is 16.1. The number of nitrogens with one attached hydrogen (secondary N) is 2.